The van der Waals surface area contributed by atoms with Gasteiger partial charge in [-0.05, 0) is 37.8 Å². The zero-order valence-corrected chi connectivity index (χ0v) is 14.8. The number of halogens is 1. The molecule has 138 valence electrons. The maximum absolute atomic E-state index is 12.5. The SMILES string of the molecule is Cl.O=C(NC1CC2CCC(C1)N2)c1cnn(-c2ccc([N+](=O)[O-])cc2)c1. The number of fused-ring (bicyclic) bond motifs is 2. The molecule has 0 saturated carbocycles. The van der Waals surface area contributed by atoms with E-state index in [-0.39, 0.29) is 30.0 Å². The lowest BCUT2D eigenvalue weighted by molar-refractivity contribution is -0.384. The third kappa shape index (κ3) is 3.71. The van der Waals surface area contributed by atoms with E-state index in [1.165, 1.54) is 31.2 Å². The summed E-state index contributed by atoms with van der Waals surface area (Å²) in [4.78, 5) is 22.7. The highest BCUT2D eigenvalue weighted by Crippen LogP contribution is 2.27. The van der Waals surface area contributed by atoms with Crippen molar-refractivity contribution in [2.45, 2.75) is 43.8 Å². The molecule has 26 heavy (non-hydrogen) atoms. The number of hydrogen-bond acceptors (Lipinski definition) is 5. The lowest BCUT2D eigenvalue weighted by Crippen LogP contribution is -2.47. The Morgan fingerprint density at radius 2 is 1.88 bits per heavy atom. The van der Waals surface area contributed by atoms with Crippen LogP contribution in [0.5, 0.6) is 0 Å². The number of nitrogens with one attached hydrogen (secondary N) is 2. The average molecular weight is 378 g/mol. The highest BCUT2D eigenvalue weighted by molar-refractivity contribution is 5.94. The summed E-state index contributed by atoms with van der Waals surface area (Å²) in [5.74, 6) is -0.125. The second-order valence-corrected chi connectivity index (χ2v) is 6.73. The number of aromatic nitrogens is 2. The first-order chi connectivity index (χ1) is 12.1. The summed E-state index contributed by atoms with van der Waals surface area (Å²) in [7, 11) is 0. The summed E-state index contributed by atoms with van der Waals surface area (Å²) in [6.07, 6.45) is 7.49. The van der Waals surface area contributed by atoms with E-state index >= 15 is 0 Å². The zero-order valence-electron chi connectivity index (χ0n) is 14.0. The van der Waals surface area contributed by atoms with Crippen LogP contribution in [-0.2, 0) is 0 Å². The van der Waals surface area contributed by atoms with Crippen LogP contribution in [0.15, 0.2) is 36.7 Å². The fraction of sp³-hybridized carbons (Fsp3) is 0.412. The van der Waals surface area contributed by atoms with Crippen molar-refractivity contribution in [1.82, 2.24) is 20.4 Å². The van der Waals surface area contributed by atoms with Crippen molar-refractivity contribution in [3.8, 4) is 5.69 Å². The minimum atomic E-state index is -0.447. The molecule has 0 spiro atoms. The Balaban J connectivity index is 0.00000196. The van der Waals surface area contributed by atoms with Gasteiger partial charge in [0.05, 0.1) is 22.4 Å². The Hall–Kier alpha value is -2.45. The van der Waals surface area contributed by atoms with E-state index in [0.717, 1.165) is 12.8 Å². The van der Waals surface area contributed by atoms with Gasteiger partial charge in [-0.2, -0.15) is 5.10 Å². The molecule has 2 fully saturated rings. The van der Waals surface area contributed by atoms with Crippen LogP contribution in [0.25, 0.3) is 5.69 Å². The molecule has 2 unspecified atom stereocenters. The predicted molar refractivity (Wildman–Crippen MR) is 97.9 cm³/mol. The van der Waals surface area contributed by atoms with Crippen molar-refractivity contribution < 1.29 is 9.72 Å². The van der Waals surface area contributed by atoms with Crippen molar-refractivity contribution in [2.75, 3.05) is 0 Å². The Morgan fingerprint density at radius 1 is 1.23 bits per heavy atom. The number of nitro benzene ring substituents is 1. The molecule has 1 amide bonds. The molecule has 9 heteroatoms. The van der Waals surface area contributed by atoms with Gasteiger partial charge in [-0.1, -0.05) is 0 Å². The number of nitro groups is 1. The van der Waals surface area contributed by atoms with E-state index in [1.807, 2.05) is 0 Å². The molecular formula is C17H20ClN5O3. The van der Waals surface area contributed by atoms with Crippen molar-refractivity contribution in [2.24, 2.45) is 0 Å². The lowest BCUT2D eigenvalue weighted by atomic mass is 9.99. The number of carbonyl (C=O) groups excluding carboxylic acids is 1. The van der Waals surface area contributed by atoms with Gasteiger partial charge in [-0.15, -0.1) is 12.4 Å². The first kappa shape index (κ1) is 18.3. The van der Waals surface area contributed by atoms with Crippen LogP contribution < -0.4 is 10.6 Å². The molecule has 2 aromatic rings. The maximum atomic E-state index is 12.5. The Morgan fingerprint density at radius 3 is 2.50 bits per heavy atom. The molecule has 1 aromatic carbocycles. The van der Waals surface area contributed by atoms with Crippen LogP contribution in [0.2, 0.25) is 0 Å². The number of nitrogens with zero attached hydrogens (tertiary/aromatic N) is 3. The minimum Gasteiger partial charge on any atom is -0.349 e. The standard InChI is InChI=1S/C17H19N5O3.ClH/c23-17(20-14-7-12-1-2-13(8-14)19-12)11-9-18-21(10-11)15-3-5-16(6-4-15)22(24)25;/h3-6,9-10,12-14,19H,1-2,7-8H2,(H,20,23);1H. The summed E-state index contributed by atoms with van der Waals surface area (Å²) in [5.41, 5.74) is 1.18. The molecular weight excluding hydrogens is 358 g/mol. The minimum absolute atomic E-state index is 0. The number of benzene rings is 1. The topological polar surface area (TPSA) is 102 Å². The number of piperidine rings is 1. The predicted octanol–water partition coefficient (Wildman–Crippen LogP) is 2.22. The number of carbonyl (C=O) groups is 1. The van der Waals surface area contributed by atoms with Crippen LogP contribution in [0, 0.1) is 10.1 Å². The molecule has 1 aromatic heterocycles. The molecule has 0 radical (unpaired) electrons. The highest BCUT2D eigenvalue weighted by atomic mass is 35.5. The third-order valence-corrected chi connectivity index (χ3v) is 4.98. The van der Waals surface area contributed by atoms with Crippen LogP contribution in [0.4, 0.5) is 5.69 Å². The van der Waals surface area contributed by atoms with Crippen molar-refractivity contribution in [1.29, 1.82) is 0 Å². The number of non-ortho nitro benzene ring substituents is 1. The van der Waals surface area contributed by atoms with Gasteiger partial charge in [0.25, 0.3) is 11.6 Å². The second-order valence-electron chi connectivity index (χ2n) is 6.73. The van der Waals surface area contributed by atoms with Gasteiger partial charge in [0.15, 0.2) is 0 Å². The van der Waals surface area contributed by atoms with Gasteiger partial charge in [0, 0.05) is 36.5 Å². The summed E-state index contributed by atoms with van der Waals surface area (Å²) in [6, 6.07) is 7.30. The molecule has 2 aliphatic heterocycles. The Bertz CT molecular complexity index is 795. The van der Waals surface area contributed by atoms with Crippen LogP contribution in [-0.4, -0.2) is 38.7 Å². The van der Waals surface area contributed by atoms with E-state index in [9.17, 15) is 14.9 Å². The summed E-state index contributed by atoms with van der Waals surface area (Å²) in [6.45, 7) is 0. The monoisotopic (exact) mass is 377 g/mol. The lowest BCUT2D eigenvalue weighted by Gasteiger charge is -2.29. The van der Waals surface area contributed by atoms with E-state index in [4.69, 9.17) is 0 Å². The molecule has 4 rings (SSSR count). The largest absolute Gasteiger partial charge is 0.349 e. The highest BCUT2D eigenvalue weighted by Gasteiger charge is 2.34. The molecule has 3 heterocycles. The van der Waals surface area contributed by atoms with Gasteiger partial charge >= 0.3 is 0 Å². The summed E-state index contributed by atoms with van der Waals surface area (Å²) >= 11 is 0. The summed E-state index contributed by atoms with van der Waals surface area (Å²) in [5, 5.41) is 21.6. The smallest absolute Gasteiger partial charge is 0.269 e. The van der Waals surface area contributed by atoms with Gasteiger partial charge < -0.3 is 10.6 Å². The number of hydrogen-bond donors (Lipinski definition) is 2. The van der Waals surface area contributed by atoms with Gasteiger partial charge in [-0.3, -0.25) is 14.9 Å². The van der Waals surface area contributed by atoms with Crippen molar-refractivity contribution >= 4 is 24.0 Å². The van der Waals surface area contributed by atoms with Crippen LogP contribution in [0.1, 0.15) is 36.0 Å². The van der Waals surface area contributed by atoms with Crippen LogP contribution >= 0.6 is 12.4 Å². The van der Waals surface area contributed by atoms with Crippen LogP contribution in [0.3, 0.4) is 0 Å². The van der Waals surface area contributed by atoms with Crippen molar-refractivity contribution in [3.63, 3.8) is 0 Å². The zero-order chi connectivity index (χ0) is 17.4. The normalized spacial score (nSPS) is 23.9. The van der Waals surface area contributed by atoms with E-state index in [2.05, 4.69) is 15.7 Å². The number of rotatable bonds is 4. The van der Waals surface area contributed by atoms with Gasteiger partial charge in [-0.25, -0.2) is 4.68 Å². The molecule has 2 bridgehead atoms. The Labute approximate surface area is 156 Å². The molecule has 2 saturated heterocycles. The second kappa shape index (κ2) is 7.43. The molecule has 2 N–H and O–H groups in total. The average Bonchev–Trinajstić information content (AvgIpc) is 3.22. The summed E-state index contributed by atoms with van der Waals surface area (Å²) < 4.78 is 1.55. The van der Waals surface area contributed by atoms with Gasteiger partial charge in [0.1, 0.15) is 0 Å². The van der Waals surface area contributed by atoms with E-state index < -0.39 is 4.92 Å². The van der Waals surface area contributed by atoms with Gasteiger partial charge in [0.2, 0.25) is 0 Å². The Kier molecular flexibility index (Phi) is 5.24. The molecule has 2 aliphatic rings. The quantitative estimate of drug-likeness (QED) is 0.628. The number of amides is 1. The van der Waals surface area contributed by atoms with Crippen molar-refractivity contribution in [3.05, 3.63) is 52.3 Å². The first-order valence-corrected chi connectivity index (χ1v) is 8.45. The molecule has 2 atom stereocenters. The molecule has 0 aliphatic carbocycles. The first-order valence-electron chi connectivity index (χ1n) is 8.45. The fourth-order valence-corrected chi connectivity index (χ4v) is 3.75. The molecule has 8 nitrogen and oxygen atoms in total. The maximum Gasteiger partial charge on any atom is 0.269 e. The third-order valence-electron chi connectivity index (χ3n) is 4.98. The van der Waals surface area contributed by atoms with E-state index in [1.54, 1.807) is 23.0 Å². The van der Waals surface area contributed by atoms with E-state index in [0.29, 0.717) is 23.3 Å². The fourth-order valence-electron chi connectivity index (χ4n) is 3.75.